The topological polar surface area (TPSA) is 0 Å². The van der Waals surface area contributed by atoms with Crippen molar-refractivity contribution in [3.63, 3.8) is 0 Å². The lowest BCUT2D eigenvalue weighted by molar-refractivity contribution is 1.35. The van der Waals surface area contributed by atoms with Crippen molar-refractivity contribution in [2.24, 2.45) is 0 Å². The Morgan fingerprint density at radius 2 is 2.18 bits per heavy atom. The van der Waals surface area contributed by atoms with Gasteiger partial charge < -0.3 is 0 Å². The normalized spacial score (nSPS) is 10.0. The smallest absolute Gasteiger partial charge is 0.0184 e. The highest BCUT2D eigenvalue weighted by atomic mass is 32.2. The van der Waals surface area contributed by atoms with Crippen LogP contribution in [-0.2, 0) is 5.75 Å². The Morgan fingerprint density at radius 3 is 2.82 bits per heavy atom. The third-order valence-corrected chi connectivity index (χ3v) is 2.50. The molecular weight excluding hydrogens is 152 g/mol. The van der Waals surface area contributed by atoms with Gasteiger partial charge in [0.1, 0.15) is 0 Å². The van der Waals surface area contributed by atoms with Crippen molar-refractivity contribution >= 4 is 11.8 Å². The summed E-state index contributed by atoms with van der Waals surface area (Å²) in [6.07, 6.45) is 0. The molecule has 1 aromatic carbocycles. The molecule has 0 bridgehead atoms. The van der Waals surface area contributed by atoms with Gasteiger partial charge in [0.15, 0.2) is 0 Å². The van der Waals surface area contributed by atoms with Gasteiger partial charge >= 0.3 is 0 Å². The fourth-order valence-electron chi connectivity index (χ4n) is 1.02. The number of rotatable bonds is 3. The van der Waals surface area contributed by atoms with E-state index in [1.807, 2.05) is 11.8 Å². The monoisotopic (exact) mass is 166 g/mol. The lowest BCUT2D eigenvalue weighted by Gasteiger charge is -1.99. The highest BCUT2D eigenvalue weighted by molar-refractivity contribution is 7.98. The Balaban J connectivity index is 2.56. The molecule has 0 saturated heterocycles. The Kier molecular flexibility index (Phi) is 3.50. The Labute approximate surface area is 73.0 Å². The summed E-state index contributed by atoms with van der Waals surface area (Å²) in [4.78, 5) is 0. The molecular formula is C10H14S. The van der Waals surface area contributed by atoms with Crippen LogP contribution in [0.1, 0.15) is 18.1 Å². The van der Waals surface area contributed by atoms with Gasteiger partial charge in [0.05, 0.1) is 0 Å². The average molecular weight is 166 g/mol. The van der Waals surface area contributed by atoms with Gasteiger partial charge in [-0.1, -0.05) is 36.8 Å². The van der Waals surface area contributed by atoms with Crippen molar-refractivity contribution in [2.45, 2.75) is 19.6 Å². The molecule has 0 aliphatic carbocycles. The van der Waals surface area contributed by atoms with Gasteiger partial charge in [-0.15, -0.1) is 0 Å². The van der Waals surface area contributed by atoms with E-state index in [1.54, 1.807) is 0 Å². The van der Waals surface area contributed by atoms with Crippen LogP contribution < -0.4 is 0 Å². The molecule has 1 aromatic rings. The third kappa shape index (κ3) is 2.98. The van der Waals surface area contributed by atoms with E-state index in [0.717, 1.165) is 5.75 Å². The molecule has 0 N–H and O–H groups in total. The van der Waals surface area contributed by atoms with E-state index in [1.165, 1.54) is 16.9 Å². The number of thioether (sulfide) groups is 1. The Morgan fingerprint density at radius 1 is 1.36 bits per heavy atom. The molecule has 0 spiro atoms. The number of hydrogen-bond donors (Lipinski definition) is 0. The molecule has 0 radical (unpaired) electrons. The second-order valence-electron chi connectivity index (χ2n) is 2.63. The predicted molar refractivity (Wildman–Crippen MR) is 53.0 cm³/mol. The third-order valence-electron chi connectivity index (χ3n) is 1.56. The van der Waals surface area contributed by atoms with E-state index in [0.29, 0.717) is 0 Å². The summed E-state index contributed by atoms with van der Waals surface area (Å²) < 4.78 is 0. The molecule has 0 saturated carbocycles. The maximum absolute atomic E-state index is 2.25. The zero-order valence-corrected chi connectivity index (χ0v) is 7.95. The van der Waals surface area contributed by atoms with Crippen LogP contribution in [-0.4, -0.2) is 5.75 Å². The van der Waals surface area contributed by atoms with E-state index >= 15 is 0 Å². The van der Waals surface area contributed by atoms with E-state index in [4.69, 9.17) is 0 Å². The summed E-state index contributed by atoms with van der Waals surface area (Å²) in [5.41, 5.74) is 2.80. The van der Waals surface area contributed by atoms with Crippen LogP contribution >= 0.6 is 11.8 Å². The van der Waals surface area contributed by atoms with Gasteiger partial charge in [0.25, 0.3) is 0 Å². The minimum atomic E-state index is 1.15. The first kappa shape index (κ1) is 8.66. The van der Waals surface area contributed by atoms with Gasteiger partial charge in [0, 0.05) is 5.75 Å². The quantitative estimate of drug-likeness (QED) is 0.664. The van der Waals surface area contributed by atoms with Crippen molar-refractivity contribution in [2.75, 3.05) is 5.75 Å². The molecule has 0 heterocycles. The standard InChI is InChI=1S/C10H14S/c1-3-11-8-10-6-4-5-9(2)7-10/h4-7H,3,8H2,1-2H3. The minimum Gasteiger partial charge on any atom is -0.157 e. The number of benzene rings is 1. The lowest BCUT2D eigenvalue weighted by atomic mass is 10.2. The molecule has 60 valence electrons. The summed E-state index contributed by atoms with van der Waals surface area (Å²) >= 11 is 1.97. The first-order valence-electron chi connectivity index (χ1n) is 3.96. The second kappa shape index (κ2) is 4.45. The number of aryl methyl sites for hydroxylation is 1. The Hall–Kier alpha value is -0.430. The number of hydrogen-bond acceptors (Lipinski definition) is 1. The van der Waals surface area contributed by atoms with Crippen LogP contribution in [0.15, 0.2) is 24.3 Å². The summed E-state index contributed by atoms with van der Waals surface area (Å²) in [6.45, 7) is 4.33. The zero-order valence-electron chi connectivity index (χ0n) is 7.13. The van der Waals surface area contributed by atoms with Gasteiger partial charge in [-0.05, 0) is 18.2 Å². The van der Waals surface area contributed by atoms with Gasteiger partial charge in [-0.25, -0.2) is 0 Å². The van der Waals surface area contributed by atoms with Gasteiger partial charge in [-0.3, -0.25) is 0 Å². The summed E-state index contributed by atoms with van der Waals surface area (Å²) in [7, 11) is 0. The molecule has 0 amide bonds. The fraction of sp³-hybridized carbons (Fsp3) is 0.400. The van der Waals surface area contributed by atoms with Crippen LogP contribution in [0, 0.1) is 6.92 Å². The van der Waals surface area contributed by atoms with Crippen molar-refractivity contribution in [1.29, 1.82) is 0 Å². The first-order chi connectivity index (χ1) is 5.33. The maximum Gasteiger partial charge on any atom is 0.0184 e. The molecule has 0 aliphatic rings. The van der Waals surface area contributed by atoms with Crippen molar-refractivity contribution in [1.82, 2.24) is 0 Å². The van der Waals surface area contributed by atoms with Gasteiger partial charge in [0.2, 0.25) is 0 Å². The summed E-state index contributed by atoms with van der Waals surface area (Å²) in [6, 6.07) is 8.71. The highest BCUT2D eigenvalue weighted by Gasteiger charge is 1.91. The molecule has 0 aliphatic heterocycles. The lowest BCUT2D eigenvalue weighted by Crippen LogP contribution is -1.81. The molecule has 11 heavy (non-hydrogen) atoms. The molecule has 1 rings (SSSR count). The highest BCUT2D eigenvalue weighted by Crippen LogP contribution is 2.12. The van der Waals surface area contributed by atoms with Gasteiger partial charge in [-0.2, -0.15) is 11.8 Å². The van der Waals surface area contributed by atoms with E-state index in [9.17, 15) is 0 Å². The predicted octanol–water partition coefficient (Wildman–Crippen LogP) is 3.25. The zero-order chi connectivity index (χ0) is 8.10. The maximum atomic E-state index is 2.25. The SMILES string of the molecule is CCSCc1cccc(C)c1. The van der Waals surface area contributed by atoms with Crippen molar-refractivity contribution in [3.8, 4) is 0 Å². The summed E-state index contributed by atoms with van der Waals surface area (Å²) in [5.74, 6) is 2.35. The largest absolute Gasteiger partial charge is 0.157 e. The fourth-order valence-corrected chi connectivity index (χ4v) is 1.64. The molecule has 0 nitrogen and oxygen atoms in total. The molecule has 0 fully saturated rings. The van der Waals surface area contributed by atoms with Crippen molar-refractivity contribution < 1.29 is 0 Å². The van der Waals surface area contributed by atoms with E-state index in [2.05, 4.69) is 38.1 Å². The molecule has 0 aromatic heterocycles. The minimum absolute atomic E-state index is 1.15. The Bertz CT molecular complexity index is 218. The molecule has 0 atom stereocenters. The first-order valence-corrected chi connectivity index (χ1v) is 5.11. The van der Waals surface area contributed by atoms with Crippen LogP contribution in [0.5, 0.6) is 0 Å². The molecule has 1 heteroatoms. The second-order valence-corrected chi connectivity index (χ2v) is 3.90. The van der Waals surface area contributed by atoms with Crippen LogP contribution in [0.4, 0.5) is 0 Å². The van der Waals surface area contributed by atoms with E-state index in [-0.39, 0.29) is 0 Å². The van der Waals surface area contributed by atoms with Crippen LogP contribution in [0.3, 0.4) is 0 Å². The molecule has 0 unspecified atom stereocenters. The van der Waals surface area contributed by atoms with E-state index < -0.39 is 0 Å². The van der Waals surface area contributed by atoms with Crippen LogP contribution in [0.2, 0.25) is 0 Å². The van der Waals surface area contributed by atoms with Crippen molar-refractivity contribution in [3.05, 3.63) is 35.4 Å². The summed E-state index contributed by atoms with van der Waals surface area (Å²) in [5, 5.41) is 0. The van der Waals surface area contributed by atoms with Crippen LogP contribution in [0.25, 0.3) is 0 Å². The average Bonchev–Trinajstić information content (AvgIpc) is 2.01.